The number of aryl methyl sites for hydroxylation is 1. The Hall–Kier alpha value is -3.00. The van der Waals surface area contributed by atoms with Crippen LogP contribution in [0.2, 0.25) is 0 Å². The van der Waals surface area contributed by atoms with Gasteiger partial charge in [-0.3, -0.25) is 10.0 Å². The van der Waals surface area contributed by atoms with Gasteiger partial charge in [0, 0.05) is 12.6 Å². The summed E-state index contributed by atoms with van der Waals surface area (Å²) in [4.78, 5) is 22.4. The van der Waals surface area contributed by atoms with E-state index in [1.165, 1.54) is 12.1 Å². The summed E-state index contributed by atoms with van der Waals surface area (Å²) in [6, 6.07) is 9.43. The van der Waals surface area contributed by atoms with Crippen molar-refractivity contribution in [3.05, 3.63) is 47.7 Å². The van der Waals surface area contributed by atoms with E-state index >= 15 is 0 Å². The molecule has 1 aromatic heterocycles. The van der Waals surface area contributed by atoms with Crippen LogP contribution in [-0.2, 0) is 0 Å². The van der Waals surface area contributed by atoms with Gasteiger partial charge in [0.1, 0.15) is 5.75 Å². The van der Waals surface area contributed by atoms with Crippen LogP contribution in [0, 0.1) is 6.92 Å². The monoisotopic (exact) mass is 319 g/mol. The number of hydrogen-bond donors (Lipinski definition) is 3. The van der Waals surface area contributed by atoms with Crippen LogP contribution in [0.25, 0.3) is 0 Å². The maximum Gasteiger partial charge on any atom is 0.313 e. The number of ether oxygens (including phenoxy) is 1. The topological polar surface area (TPSA) is 118 Å². The second-order valence-corrected chi connectivity index (χ2v) is 4.75. The molecule has 0 atom stereocenters. The van der Waals surface area contributed by atoms with Crippen molar-refractivity contribution in [2.24, 2.45) is 5.73 Å². The number of rotatable bonds is 6. The number of urea groups is 1. The summed E-state index contributed by atoms with van der Waals surface area (Å²) in [5.74, 6) is -0.153. The van der Waals surface area contributed by atoms with Crippen molar-refractivity contribution >= 4 is 11.9 Å². The van der Waals surface area contributed by atoms with Gasteiger partial charge in [-0.05, 0) is 25.1 Å². The van der Waals surface area contributed by atoms with E-state index in [0.29, 0.717) is 10.8 Å². The lowest BCUT2D eigenvalue weighted by molar-refractivity contribution is -0.0586. The predicted octanol–water partition coefficient (Wildman–Crippen LogP) is 1.88. The van der Waals surface area contributed by atoms with E-state index in [-0.39, 0.29) is 24.8 Å². The molecule has 8 heteroatoms. The van der Waals surface area contributed by atoms with Crippen LogP contribution in [0.4, 0.5) is 4.79 Å². The average molecular weight is 319 g/mol. The summed E-state index contributed by atoms with van der Waals surface area (Å²) >= 11 is 0. The van der Waals surface area contributed by atoms with Gasteiger partial charge in [-0.1, -0.05) is 17.7 Å². The van der Waals surface area contributed by atoms with E-state index in [2.05, 4.69) is 5.32 Å². The molecule has 0 spiro atoms. The molecule has 122 valence electrons. The van der Waals surface area contributed by atoms with E-state index in [4.69, 9.17) is 14.9 Å². The zero-order chi connectivity index (χ0) is 16.8. The van der Waals surface area contributed by atoms with Crippen molar-refractivity contribution in [1.29, 1.82) is 0 Å². The number of nitrogens with zero attached hydrogens (tertiary/aromatic N) is 1. The van der Waals surface area contributed by atoms with Crippen molar-refractivity contribution in [1.82, 2.24) is 10.4 Å². The van der Waals surface area contributed by atoms with Gasteiger partial charge < -0.3 is 20.2 Å². The lowest BCUT2D eigenvalue weighted by Crippen LogP contribution is -2.38. The van der Waals surface area contributed by atoms with Crippen LogP contribution in [0.3, 0.4) is 0 Å². The number of carbonyl (C=O) groups is 2. The van der Waals surface area contributed by atoms with Crippen LogP contribution < -0.4 is 15.8 Å². The molecule has 23 heavy (non-hydrogen) atoms. The number of nitrogens with one attached hydrogen (secondary N) is 1. The molecule has 8 nitrogen and oxygen atoms in total. The SMILES string of the molecule is Cc1ccc(Oc2ccc(C(=O)N(O)CCNC(N)=O)o2)cc1. The van der Waals surface area contributed by atoms with Gasteiger partial charge >= 0.3 is 11.9 Å². The summed E-state index contributed by atoms with van der Waals surface area (Å²) < 4.78 is 10.7. The van der Waals surface area contributed by atoms with Gasteiger partial charge in [0.15, 0.2) is 5.76 Å². The van der Waals surface area contributed by atoms with Crippen molar-refractivity contribution in [3.8, 4) is 11.7 Å². The van der Waals surface area contributed by atoms with Crippen LogP contribution in [0.1, 0.15) is 16.1 Å². The van der Waals surface area contributed by atoms with Gasteiger partial charge in [0.05, 0.1) is 6.54 Å². The summed E-state index contributed by atoms with van der Waals surface area (Å²) in [6.07, 6.45) is 0. The first-order chi connectivity index (χ1) is 11.0. The third-order valence-electron chi connectivity index (χ3n) is 2.89. The summed E-state index contributed by atoms with van der Waals surface area (Å²) in [5.41, 5.74) is 5.97. The Morgan fingerprint density at radius 2 is 1.96 bits per heavy atom. The molecule has 0 saturated carbocycles. The van der Waals surface area contributed by atoms with Crippen molar-refractivity contribution in [2.45, 2.75) is 6.92 Å². The number of hydroxylamine groups is 2. The number of primary amides is 1. The van der Waals surface area contributed by atoms with Gasteiger partial charge in [-0.2, -0.15) is 0 Å². The van der Waals surface area contributed by atoms with Crippen LogP contribution in [0.15, 0.2) is 40.8 Å². The van der Waals surface area contributed by atoms with Crippen molar-refractivity contribution in [2.75, 3.05) is 13.1 Å². The highest BCUT2D eigenvalue weighted by atomic mass is 16.6. The second-order valence-electron chi connectivity index (χ2n) is 4.75. The van der Waals surface area contributed by atoms with Crippen molar-refractivity contribution < 1.29 is 24.0 Å². The molecule has 0 radical (unpaired) electrons. The zero-order valence-corrected chi connectivity index (χ0v) is 12.5. The Morgan fingerprint density at radius 3 is 2.61 bits per heavy atom. The molecule has 0 aliphatic carbocycles. The molecule has 0 aliphatic heterocycles. The first-order valence-corrected chi connectivity index (χ1v) is 6.84. The van der Waals surface area contributed by atoms with Crippen LogP contribution in [-0.4, -0.2) is 35.3 Å². The minimum atomic E-state index is -0.755. The standard InChI is InChI=1S/C15H17N3O5/c1-10-2-4-11(5-3-10)22-13-7-6-12(23-13)14(19)18(21)9-8-17-15(16)20/h2-7,21H,8-9H2,1H3,(H3,16,17,20). The lowest BCUT2D eigenvalue weighted by atomic mass is 10.2. The molecule has 3 amide bonds. The molecule has 1 heterocycles. The molecule has 2 rings (SSSR count). The largest absolute Gasteiger partial charge is 0.426 e. The lowest BCUT2D eigenvalue weighted by Gasteiger charge is -2.13. The van der Waals surface area contributed by atoms with E-state index in [0.717, 1.165) is 5.56 Å². The molecule has 0 aliphatic rings. The van der Waals surface area contributed by atoms with E-state index < -0.39 is 11.9 Å². The smallest absolute Gasteiger partial charge is 0.313 e. The molecular weight excluding hydrogens is 302 g/mol. The molecule has 0 fully saturated rings. The molecule has 0 saturated heterocycles. The third-order valence-corrected chi connectivity index (χ3v) is 2.89. The molecule has 0 unspecified atom stereocenters. The number of nitrogens with two attached hydrogens (primary N) is 1. The van der Waals surface area contributed by atoms with Crippen molar-refractivity contribution in [3.63, 3.8) is 0 Å². The van der Waals surface area contributed by atoms with Gasteiger partial charge in [0.25, 0.3) is 5.95 Å². The number of furan rings is 1. The zero-order valence-electron chi connectivity index (χ0n) is 12.5. The Bertz CT molecular complexity index is 681. The third kappa shape index (κ3) is 4.75. The summed E-state index contributed by atoms with van der Waals surface area (Å²) in [5, 5.41) is 12.3. The number of carbonyl (C=O) groups excluding carboxylic acids is 2. The van der Waals surface area contributed by atoms with Gasteiger partial charge in [-0.15, -0.1) is 0 Å². The quantitative estimate of drug-likeness (QED) is 0.555. The highest BCUT2D eigenvalue weighted by molar-refractivity contribution is 5.90. The van der Waals surface area contributed by atoms with E-state index in [1.807, 2.05) is 19.1 Å². The second kappa shape index (κ2) is 7.32. The molecule has 1 aromatic carbocycles. The fourth-order valence-electron chi connectivity index (χ4n) is 1.73. The maximum absolute atomic E-state index is 11.9. The Labute approximate surface area is 132 Å². The Morgan fingerprint density at radius 1 is 1.26 bits per heavy atom. The van der Waals surface area contributed by atoms with E-state index in [1.54, 1.807) is 12.1 Å². The van der Waals surface area contributed by atoms with Gasteiger partial charge in [0.2, 0.25) is 0 Å². The number of benzene rings is 1. The molecule has 2 aromatic rings. The summed E-state index contributed by atoms with van der Waals surface area (Å²) in [7, 11) is 0. The average Bonchev–Trinajstić information content (AvgIpc) is 2.97. The summed E-state index contributed by atoms with van der Waals surface area (Å²) in [6.45, 7) is 1.85. The molecular formula is C15H17N3O5. The Kier molecular flexibility index (Phi) is 5.21. The van der Waals surface area contributed by atoms with Gasteiger partial charge in [-0.25, -0.2) is 9.86 Å². The minimum absolute atomic E-state index is 0.0189. The van der Waals surface area contributed by atoms with Crippen LogP contribution in [0.5, 0.6) is 11.7 Å². The molecule has 4 N–H and O–H groups in total. The number of hydrogen-bond acceptors (Lipinski definition) is 5. The highest BCUT2D eigenvalue weighted by Crippen LogP contribution is 2.24. The highest BCUT2D eigenvalue weighted by Gasteiger charge is 2.18. The fourth-order valence-corrected chi connectivity index (χ4v) is 1.73. The maximum atomic E-state index is 11.9. The Balaban J connectivity index is 1.93. The number of amides is 3. The minimum Gasteiger partial charge on any atom is -0.426 e. The predicted molar refractivity (Wildman–Crippen MR) is 80.4 cm³/mol. The first-order valence-electron chi connectivity index (χ1n) is 6.84. The normalized spacial score (nSPS) is 10.2. The van der Waals surface area contributed by atoms with E-state index in [9.17, 15) is 14.8 Å². The fraction of sp³-hybridized carbons (Fsp3) is 0.200. The molecule has 0 bridgehead atoms. The first kappa shape index (κ1) is 16.4. The van der Waals surface area contributed by atoms with Crippen LogP contribution >= 0.6 is 0 Å².